The van der Waals surface area contributed by atoms with Gasteiger partial charge in [-0.05, 0) is 31.4 Å². The Balaban J connectivity index is 1.38. The molecule has 11 heteroatoms. The van der Waals surface area contributed by atoms with Crippen LogP contribution in [0.4, 0.5) is 16.6 Å². The fourth-order valence-electron chi connectivity index (χ4n) is 4.35. The lowest BCUT2D eigenvalue weighted by molar-refractivity contribution is 0.102. The van der Waals surface area contributed by atoms with Gasteiger partial charge in [0.2, 0.25) is 0 Å². The van der Waals surface area contributed by atoms with Gasteiger partial charge in [-0.3, -0.25) is 4.79 Å². The summed E-state index contributed by atoms with van der Waals surface area (Å²) in [4.78, 5) is 31.8. The zero-order valence-electron chi connectivity index (χ0n) is 18.1. The predicted molar refractivity (Wildman–Crippen MR) is 127 cm³/mol. The summed E-state index contributed by atoms with van der Waals surface area (Å²) in [5.41, 5.74) is 2.37. The third-order valence-corrected chi connectivity index (χ3v) is 7.11. The zero-order valence-corrected chi connectivity index (χ0v) is 18.9. The molecule has 6 rings (SSSR count). The van der Waals surface area contributed by atoms with Gasteiger partial charge in [-0.15, -0.1) is 0 Å². The Morgan fingerprint density at radius 2 is 1.91 bits per heavy atom. The van der Waals surface area contributed by atoms with Crippen LogP contribution in [0.1, 0.15) is 29.6 Å². The standard InChI is InChI=1S/C22H24N8O2S/c31-21(15-14-24-30-8-4-5-23-19(15)30)25-16-13-17-18(26-20(16)28-6-2-1-3-7-28)27-22(33-17)29-9-11-32-12-10-29/h4-5,8,13-14H,1-3,6-7,9-12H2,(H,25,31). The first-order valence-electron chi connectivity index (χ1n) is 11.3. The number of pyridine rings is 1. The van der Waals surface area contributed by atoms with Crippen LogP contribution in [-0.4, -0.2) is 69.9 Å². The van der Waals surface area contributed by atoms with Crippen molar-refractivity contribution >= 4 is 49.9 Å². The fraction of sp³-hybridized carbons (Fsp3) is 0.409. The van der Waals surface area contributed by atoms with Crippen LogP contribution in [-0.2, 0) is 4.74 Å². The largest absolute Gasteiger partial charge is 0.378 e. The number of ether oxygens (including phenoxy) is 1. The van der Waals surface area contributed by atoms with E-state index in [1.54, 1.807) is 40.5 Å². The van der Waals surface area contributed by atoms with Gasteiger partial charge < -0.3 is 19.9 Å². The minimum absolute atomic E-state index is 0.249. The van der Waals surface area contributed by atoms with Crippen LogP contribution in [0.3, 0.4) is 0 Å². The normalized spacial score (nSPS) is 17.1. The molecule has 2 saturated heterocycles. The lowest BCUT2D eigenvalue weighted by Crippen LogP contribution is -2.36. The first kappa shape index (κ1) is 20.3. The molecule has 6 heterocycles. The van der Waals surface area contributed by atoms with Crippen LogP contribution in [0.15, 0.2) is 30.7 Å². The molecule has 170 valence electrons. The summed E-state index contributed by atoms with van der Waals surface area (Å²) in [6.45, 7) is 4.89. The predicted octanol–water partition coefficient (Wildman–Crippen LogP) is 2.81. The number of nitrogens with zero attached hydrogens (tertiary/aromatic N) is 7. The van der Waals surface area contributed by atoms with E-state index < -0.39 is 0 Å². The van der Waals surface area contributed by atoms with Crippen molar-refractivity contribution in [2.45, 2.75) is 19.3 Å². The summed E-state index contributed by atoms with van der Waals surface area (Å²) in [6.07, 6.45) is 8.42. The highest BCUT2D eigenvalue weighted by Crippen LogP contribution is 2.35. The van der Waals surface area contributed by atoms with Crippen LogP contribution in [0.5, 0.6) is 0 Å². The first-order chi connectivity index (χ1) is 16.3. The topological polar surface area (TPSA) is 101 Å². The van der Waals surface area contributed by atoms with Crippen LogP contribution in [0.2, 0.25) is 0 Å². The van der Waals surface area contributed by atoms with Crippen LogP contribution < -0.4 is 15.1 Å². The number of piperidine rings is 1. The number of carbonyl (C=O) groups is 1. The molecule has 33 heavy (non-hydrogen) atoms. The summed E-state index contributed by atoms with van der Waals surface area (Å²) in [5.74, 6) is 0.528. The maximum Gasteiger partial charge on any atom is 0.261 e. The molecule has 2 fully saturated rings. The fourth-order valence-corrected chi connectivity index (χ4v) is 5.35. The number of rotatable bonds is 4. The molecule has 0 aliphatic carbocycles. The maximum absolute atomic E-state index is 13.2. The Hall–Kier alpha value is -3.31. The van der Waals surface area contributed by atoms with Gasteiger partial charge in [0.15, 0.2) is 22.2 Å². The van der Waals surface area contributed by atoms with E-state index in [0.717, 1.165) is 60.3 Å². The smallest absolute Gasteiger partial charge is 0.261 e. The molecular weight excluding hydrogens is 440 g/mol. The lowest BCUT2D eigenvalue weighted by Gasteiger charge is -2.29. The van der Waals surface area contributed by atoms with Crippen molar-refractivity contribution in [3.63, 3.8) is 0 Å². The van der Waals surface area contributed by atoms with Crippen molar-refractivity contribution in [2.24, 2.45) is 0 Å². The van der Waals surface area contributed by atoms with E-state index in [1.165, 1.54) is 6.42 Å². The average Bonchev–Trinajstić information content (AvgIpc) is 3.49. The molecule has 0 saturated carbocycles. The van der Waals surface area contributed by atoms with Gasteiger partial charge in [0.25, 0.3) is 5.91 Å². The van der Waals surface area contributed by atoms with Crippen molar-refractivity contribution < 1.29 is 9.53 Å². The summed E-state index contributed by atoms with van der Waals surface area (Å²) in [7, 11) is 0. The zero-order chi connectivity index (χ0) is 22.2. The summed E-state index contributed by atoms with van der Waals surface area (Å²) in [6, 6.07) is 3.79. The molecule has 0 aromatic carbocycles. The van der Waals surface area contributed by atoms with Gasteiger partial charge in [-0.25, -0.2) is 14.5 Å². The number of hydrogen-bond donors (Lipinski definition) is 1. The number of anilines is 3. The number of carbonyl (C=O) groups excluding carboxylic acids is 1. The number of fused-ring (bicyclic) bond motifs is 2. The van der Waals surface area contributed by atoms with E-state index >= 15 is 0 Å². The third kappa shape index (κ3) is 3.87. The number of thiazole rings is 1. The van der Waals surface area contributed by atoms with Gasteiger partial charge in [-0.2, -0.15) is 10.1 Å². The SMILES string of the molecule is O=C(Nc1cc2sc(N3CCOCC3)nc2nc1N1CCCCC1)c1cnn2cccnc12. The molecular formula is C22H24N8O2S. The molecule has 0 radical (unpaired) electrons. The van der Waals surface area contributed by atoms with Crippen LogP contribution in [0.25, 0.3) is 16.0 Å². The van der Waals surface area contributed by atoms with E-state index in [0.29, 0.717) is 30.1 Å². The second-order valence-electron chi connectivity index (χ2n) is 8.23. The summed E-state index contributed by atoms with van der Waals surface area (Å²) in [5, 5.41) is 8.28. The Labute approximate surface area is 194 Å². The highest BCUT2D eigenvalue weighted by Gasteiger charge is 2.23. The number of nitrogens with one attached hydrogen (secondary N) is 1. The quantitative estimate of drug-likeness (QED) is 0.492. The Morgan fingerprint density at radius 3 is 2.76 bits per heavy atom. The van der Waals surface area contributed by atoms with Crippen LogP contribution >= 0.6 is 11.3 Å². The second kappa shape index (κ2) is 8.56. The Kier molecular flexibility index (Phi) is 5.27. The van der Waals surface area contributed by atoms with E-state index in [-0.39, 0.29) is 5.91 Å². The molecule has 10 nitrogen and oxygen atoms in total. The van der Waals surface area contributed by atoms with E-state index in [9.17, 15) is 4.79 Å². The second-order valence-corrected chi connectivity index (χ2v) is 9.23. The van der Waals surface area contributed by atoms with E-state index in [1.807, 2.05) is 6.07 Å². The molecule has 0 atom stereocenters. The van der Waals surface area contributed by atoms with Crippen molar-refractivity contribution in [2.75, 3.05) is 54.5 Å². The maximum atomic E-state index is 13.2. The molecule has 4 aromatic heterocycles. The Morgan fingerprint density at radius 1 is 1.06 bits per heavy atom. The van der Waals surface area contributed by atoms with Crippen molar-refractivity contribution in [3.05, 3.63) is 36.3 Å². The number of amides is 1. The Bertz CT molecular complexity index is 1310. The monoisotopic (exact) mass is 464 g/mol. The number of hydrogen-bond acceptors (Lipinski definition) is 9. The minimum Gasteiger partial charge on any atom is -0.378 e. The first-order valence-corrected chi connectivity index (χ1v) is 12.1. The van der Waals surface area contributed by atoms with Gasteiger partial charge in [0, 0.05) is 38.6 Å². The highest BCUT2D eigenvalue weighted by molar-refractivity contribution is 7.22. The van der Waals surface area contributed by atoms with Gasteiger partial charge >= 0.3 is 0 Å². The van der Waals surface area contributed by atoms with Crippen molar-refractivity contribution in [1.82, 2.24) is 24.6 Å². The molecule has 2 aliphatic rings. The molecule has 1 N–H and O–H groups in total. The van der Waals surface area contributed by atoms with Gasteiger partial charge in [0.1, 0.15) is 5.56 Å². The minimum atomic E-state index is -0.249. The van der Waals surface area contributed by atoms with E-state index in [4.69, 9.17) is 14.7 Å². The molecule has 0 spiro atoms. The van der Waals surface area contributed by atoms with E-state index in [2.05, 4.69) is 25.2 Å². The van der Waals surface area contributed by atoms with Gasteiger partial charge in [-0.1, -0.05) is 11.3 Å². The van der Waals surface area contributed by atoms with Gasteiger partial charge in [0.05, 0.1) is 29.8 Å². The third-order valence-electron chi connectivity index (χ3n) is 6.06. The molecule has 0 bridgehead atoms. The number of aromatic nitrogens is 5. The average molecular weight is 465 g/mol. The highest BCUT2D eigenvalue weighted by atomic mass is 32.1. The molecule has 0 unspecified atom stereocenters. The number of morpholine rings is 1. The van der Waals surface area contributed by atoms with Crippen molar-refractivity contribution in [1.29, 1.82) is 0 Å². The van der Waals surface area contributed by atoms with Crippen molar-refractivity contribution in [3.8, 4) is 0 Å². The summed E-state index contributed by atoms with van der Waals surface area (Å²) >= 11 is 1.60. The molecule has 1 amide bonds. The molecule has 4 aromatic rings. The lowest BCUT2D eigenvalue weighted by atomic mass is 10.1. The van der Waals surface area contributed by atoms with Crippen LogP contribution in [0, 0.1) is 0 Å². The molecule has 2 aliphatic heterocycles. The summed E-state index contributed by atoms with van der Waals surface area (Å²) < 4.78 is 8.02.